The number of urea groups is 1. The first-order chi connectivity index (χ1) is 10.6. The van der Waals surface area contributed by atoms with Crippen molar-refractivity contribution < 1.29 is 9.59 Å². The second-order valence-electron chi connectivity index (χ2n) is 6.17. The van der Waals surface area contributed by atoms with Crippen LogP contribution < -0.4 is 5.32 Å². The molecule has 0 saturated carbocycles. The number of nitrogens with zero attached hydrogens (tertiary/aromatic N) is 2. The van der Waals surface area contributed by atoms with E-state index in [2.05, 4.69) is 41.4 Å². The monoisotopic (exact) mass is 301 g/mol. The first-order valence-corrected chi connectivity index (χ1v) is 8.03. The smallest absolute Gasteiger partial charge is 0.324 e. The first kappa shape index (κ1) is 15.0. The third kappa shape index (κ3) is 2.73. The highest BCUT2D eigenvalue weighted by Crippen LogP contribution is 2.22. The van der Waals surface area contributed by atoms with Crippen LogP contribution in [0, 0.1) is 0 Å². The molecule has 22 heavy (non-hydrogen) atoms. The van der Waals surface area contributed by atoms with Crippen LogP contribution in [0.25, 0.3) is 0 Å². The zero-order valence-electron chi connectivity index (χ0n) is 13.2. The molecule has 0 bridgehead atoms. The third-order valence-electron chi connectivity index (χ3n) is 4.76. The van der Waals surface area contributed by atoms with Gasteiger partial charge in [0.15, 0.2) is 0 Å². The van der Waals surface area contributed by atoms with E-state index in [1.165, 1.54) is 16.0 Å². The van der Waals surface area contributed by atoms with Crippen LogP contribution >= 0.6 is 0 Å². The summed E-state index contributed by atoms with van der Waals surface area (Å²) in [4.78, 5) is 27.7. The number of carbonyl (C=O) groups is 2. The summed E-state index contributed by atoms with van der Waals surface area (Å²) in [5.74, 6) is -0.110. The van der Waals surface area contributed by atoms with Crippen molar-refractivity contribution in [2.45, 2.75) is 45.3 Å². The van der Waals surface area contributed by atoms with Crippen molar-refractivity contribution in [2.75, 3.05) is 13.1 Å². The molecule has 0 aliphatic carbocycles. The zero-order valence-corrected chi connectivity index (χ0v) is 13.2. The Labute approximate surface area is 131 Å². The first-order valence-electron chi connectivity index (χ1n) is 8.03. The fraction of sp³-hybridized carbons (Fsp3) is 0.529. The van der Waals surface area contributed by atoms with Gasteiger partial charge in [-0.05, 0) is 30.9 Å². The van der Waals surface area contributed by atoms with Crippen LogP contribution in [0.15, 0.2) is 24.3 Å². The maximum atomic E-state index is 12.1. The lowest BCUT2D eigenvalue weighted by molar-refractivity contribution is -0.127. The van der Waals surface area contributed by atoms with Crippen molar-refractivity contribution in [3.63, 3.8) is 0 Å². The Morgan fingerprint density at radius 2 is 2.00 bits per heavy atom. The van der Waals surface area contributed by atoms with Crippen molar-refractivity contribution in [3.05, 3.63) is 35.4 Å². The minimum absolute atomic E-state index is 0.110. The fourth-order valence-electron chi connectivity index (χ4n) is 3.37. The molecule has 2 aliphatic rings. The molecule has 5 nitrogen and oxygen atoms in total. The summed E-state index contributed by atoms with van der Waals surface area (Å²) in [6.45, 7) is 6.21. The summed E-state index contributed by atoms with van der Waals surface area (Å²) >= 11 is 0. The quantitative estimate of drug-likeness (QED) is 0.862. The van der Waals surface area contributed by atoms with E-state index in [4.69, 9.17) is 0 Å². The van der Waals surface area contributed by atoms with Gasteiger partial charge in [0.1, 0.15) is 6.04 Å². The Balaban J connectivity index is 1.70. The molecule has 0 aromatic heterocycles. The highest BCUT2D eigenvalue weighted by atomic mass is 16.2. The van der Waals surface area contributed by atoms with Crippen LogP contribution in [0.5, 0.6) is 0 Å². The molecule has 3 amide bonds. The molecule has 3 rings (SSSR count). The van der Waals surface area contributed by atoms with Gasteiger partial charge in [-0.15, -0.1) is 0 Å². The van der Waals surface area contributed by atoms with Crippen molar-refractivity contribution in [1.29, 1.82) is 0 Å². The molecule has 118 valence electrons. The fourth-order valence-corrected chi connectivity index (χ4v) is 3.37. The molecule has 0 unspecified atom stereocenters. The Morgan fingerprint density at radius 3 is 2.64 bits per heavy atom. The summed E-state index contributed by atoms with van der Waals surface area (Å²) in [6.07, 6.45) is 1.96. The summed E-state index contributed by atoms with van der Waals surface area (Å²) in [5, 5.41) is 2.68. The van der Waals surface area contributed by atoms with Gasteiger partial charge in [-0.1, -0.05) is 31.2 Å². The predicted octanol–water partition coefficient (Wildman–Crippen LogP) is 1.76. The van der Waals surface area contributed by atoms with E-state index in [9.17, 15) is 9.59 Å². The largest absolute Gasteiger partial charge is 0.326 e. The Morgan fingerprint density at radius 1 is 1.27 bits per heavy atom. The molecule has 1 aromatic carbocycles. The van der Waals surface area contributed by atoms with Gasteiger partial charge in [0, 0.05) is 25.7 Å². The van der Waals surface area contributed by atoms with Crippen molar-refractivity contribution in [2.24, 2.45) is 0 Å². The van der Waals surface area contributed by atoms with Gasteiger partial charge in [-0.3, -0.25) is 14.6 Å². The molecule has 1 N–H and O–H groups in total. The van der Waals surface area contributed by atoms with Crippen molar-refractivity contribution in [3.8, 4) is 0 Å². The third-order valence-corrected chi connectivity index (χ3v) is 4.76. The molecule has 2 aliphatic heterocycles. The summed E-state index contributed by atoms with van der Waals surface area (Å²) in [6, 6.07) is 8.08. The molecule has 0 spiro atoms. The molecule has 0 radical (unpaired) electrons. The molecular formula is C17H23N3O2. The number of rotatable bonds is 4. The van der Waals surface area contributed by atoms with Crippen LogP contribution in [0.2, 0.25) is 0 Å². The highest BCUT2D eigenvalue weighted by molar-refractivity contribution is 6.03. The number of hydrogen-bond donors (Lipinski definition) is 1. The molecule has 5 heteroatoms. The maximum Gasteiger partial charge on any atom is 0.324 e. The summed E-state index contributed by atoms with van der Waals surface area (Å²) in [5.41, 5.74) is 2.77. The number of amides is 3. The van der Waals surface area contributed by atoms with E-state index < -0.39 is 6.04 Å². The van der Waals surface area contributed by atoms with E-state index in [1.807, 2.05) is 0 Å². The van der Waals surface area contributed by atoms with Gasteiger partial charge in [-0.25, -0.2) is 4.79 Å². The SMILES string of the molecule is CC[C@@H](CN1C(=O)N[C@H](C)C1=O)N1CCc2ccccc2C1. The molecule has 1 saturated heterocycles. The van der Waals surface area contributed by atoms with Gasteiger partial charge < -0.3 is 5.32 Å². The van der Waals surface area contributed by atoms with Gasteiger partial charge >= 0.3 is 6.03 Å². The molecule has 2 atom stereocenters. The lowest BCUT2D eigenvalue weighted by atomic mass is 9.98. The highest BCUT2D eigenvalue weighted by Gasteiger charge is 2.37. The van der Waals surface area contributed by atoms with Gasteiger partial charge in [0.2, 0.25) is 0 Å². The zero-order chi connectivity index (χ0) is 15.7. The average Bonchev–Trinajstić information content (AvgIpc) is 2.77. The number of imide groups is 1. The number of hydrogen-bond acceptors (Lipinski definition) is 3. The van der Waals surface area contributed by atoms with Crippen LogP contribution in [0.3, 0.4) is 0 Å². The van der Waals surface area contributed by atoms with Gasteiger partial charge in [0.25, 0.3) is 5.91 Å². The number of carbonyl (C=O) groups excluding carboxylic acids is 2. The Hall–Kier alpha value is -1.88. The molecular weight excluding hydrogens is 278 g/mol. The van der Waals surface area contributed by atoms with Gasteiger partial charge in [0.05, 0.1) is 0 Å². The number of benzene rings is 1. The van der Waals surface area contributed by atoms with Crippen LogP contribution in [0.1, 0.15) is 31.4 Å². The minimum Gasteiger partial charge on any atom is -0.326 e. The summed E-state index contributed by atoms with van der Waals surface area (Å²) in [7, 11) is 0. The van der Waals surface area contributed by atoms with E-state index in [-0.39, 0.29) is 18.0 Å². The van der Waals surface area contributed by atoms with E-state index >= 15 is 0 Å². The summed E-state index contributed by atoms with van der Waals surface area (Å²) < 4.78 is 0. The number of nitrogens with one attached hydrogen (secondary N) is 1. The maximum absolute atomic E-state index is 12.1. The lowest BCUT2D eigenvalue weighted by Gasteiger charge is -2.36. The van der Waals surface area contributed by atoms with E-state index in [0.717, 1.165) is 25.9 Å². The average molecular weight is 301 g/mol. The minimum atomic E-state index is -0.396. The van der Waals surface area contributed by atoms with Crippen LogP contribution in [-0.2, 0) is 17.8 Å². The van der Waals surface area contributed by atoms with Gasteiger partial charge in [-0.2, -0.15) is 0 Å². The van der Waals surface area contributed by atoms with E-state index in [1.54, 1.807) is 6.92 Å². The second-order valence-corrected chi connectivity index (χ2v) is 6.17. The number of fused-ring (bicyclic) bond motifs is 1. The topological polar surface area (TPSA) is 52.7 Å². The molecule has 1 aromatic rings. The Bertz CT molecular complexity index is 587. The van der Waals surface area contributed by atoms with Crippen LogP contribution in [-0.4, -0.2) is 46.9 Å². The van der Waals surface area contributed by atoms with E-state index in [0.29, 0.717) is 6.54 Å². The standard InChI is InChI=1S/C17H23N3O2/c1-3-15(11-20-16(21)12(2)18-17(20)22)19-9-8-13-6-4-5-7-14(13)10-19/h4-7,12,15H,3,8-11H2,1-2H3,(H,18,22)/t12-,15+/m1/s1. The lowest BCUT2D eigenvalue weighted by Crippen LogP contribution is -2.47. The molecule has 1 fully saturated rings. The van der Waals surface area contributed by atoms with Crippen molar-refractivity contribution >= 4 is 11.9 Å². The van der Waals surface area contributed by atoms with Crippen molar-refractivity contribution in [1.82, 2.24) is 15.1 Å². The predicted molar refractivity (Wildman–Crippen MR) is 84.3 cm³/mol. The molecule has 2 heterocycles. The normalized spacial score (nSPS) is 23.4. The second kappa shape index (κ2) is 6.08. The van der Waals surface area contributed by atoms with Crippen LogP contribution in [0.4, 0.5) is 4.79 Å². The Kier molecular flexibility index (Phi) is 4.16.